The molecule has 2 aliphatic carbocycles. The van der Waals surface area contributed by atoms with Crippen molar-refractivity contribution in [3.8, 4) is 0 Å². The molecule has 0 saturated heterocycles. The summed E-state index contributed by atoms with van der Waals surface area (Å²) in [6, 6.07) is 0. The molecule has 4 heteroatoms. The smallest absolute Gasteiger partial charge is 1.00 e. The fourth-order valence-electron chi connectivity index (χ4n) is 1.30. The molecule has 0 nitrogen and oxygen atoms in total. The Labute approximate surface area is 160 Å². The van der Waals surface area contributed by atoms with Crippen LogP contribution in [0.3, 0.4) is 0 Å². The molecule has 0 atom stereocenters. The van der Waals surface area contributed by atoms with E-state index < -0.39 is 0 Å². The Hall–Kier alpha value is 0.640. The van der Waals surface area contributed by atoms with Crippen molar-refractivity contribution < 1.29 is 51.0 Å². The molecule has 2 aliphatic rings. The molecular formula is C16H25Cl2SiZr. The van der Waals surface area contributed by atoms with Crippen molar-refractivity contribution in [1.82, 2.24) is 0 Å². The Morgan fingerprint density at radius 1 is 0.800 bits per heavy atom. The van der Waals surface area contributed by atoms with Gasteiger partial charge in [0.05, 0.1) is 0 Å². The van der Waals surface area contributed by atoms with E-state index in [-0.39, 0.29) is 51.0 Å². The first-order valence-corrected chi connectivity index (χ1v) is 8.57. The van der Waals surface area contributed by atoms with Gasteiger partial charge < -0.3 is 24.8 Å². The number of rotatable bonds is 0. The monoisotopic (exact) mass is 405 g/mol. The van der Waals surface area contributed by atoms with Gasteiger partial charge in [-0.15, -0.1) is 26.7 Å². The number of allylic oxidation sites excluding steroid dienone is 8. The summed E-state index contributed by atoms with van der Waals surface area (Å²) >= 11 is 0. The third kappa shape index (κ3) is 13.6. The molecule has 1 radical (unpaired) electrons. The molecule has 0 aromatic carbocycles. The molecule has 0 unspecified atom stereocenters. The van der Waals surface area contributed by atoms with E-state index in [0.717, 1.165) is 22.4 Å². The van der Waals surface area contributed by atoms with Crippen molar-refractivity contribution in [2.24, 2.45) is 0 Å². The molecule has 0 spiro atoms. The number of hydrogen-bond donors (Lipinski definition) is 0. The summed E-state index contributed by atoms with van der Waals surface area (Å²) in [4.78, 5) is 0. The summed E-state index contributed by atoms with van der Waals surface area (Å²) in [5, 5.41) is 0. The van der Waals surface area contributed by atoms with E-state index in [9.17, 15) is 0 Å². The summed E-state index contributed by atoms with van der Waals surface area (Å²) in [6.07, 6.45) is 12.8. The van der Waals surface area contributed by atoms with E-state index in [4.69, 9.17) is 0 Å². The van der Waals surface area contributed by atoms with Gasteiger partial charge in [-0.2, -0.15) is 12.2 Å². The molecule has 0 fully saturated rings. The van der Waals surface area contributed by atoms with Crippen LogP contribution in [0.15, 0.2) is 34.4 Å². The molecule has 0 aromatic heterocycles. The van der Waals surface area contributed by atoms with Gasteiger partial charge in [-0.1, -0.05) is 26.9 Å². The molecule has 0 aliphatic heterocycles. The van der Waals surface area contributed by atoms with Gasteiger partial charge in [0.25, 0.3) is 0 Å². The SMILES string of the molecule is CC1=[C-]CC=C1C.CC1=[C-]CC=C1C.C[SiH]C.[Cl-].[Cl-].[Zr+4]. The Balaban J connectivity index is -0.0000000956. The second-order valence-electron chi connectivity index (χ2n) is 4.36. The van der Waals surface area contributed by atoms with E-state index in [1.807, 2.05) is 0 Å². The Morgan fingerprint density at radius 3 is 1.10 bits per heavy atom. The standard InChI is InChI=1S/2C7H9.C2H7Si.2ClH.Zr/c2*1-6-4-3-5-7(6)2;1-3-2;;;/h2*4H,3H2,1-2H3;3H,1-2H3;2*1H;/q2*-1;;;;+4/p-2. The average molecular weight is 408 g/mol. The van der Waals surface area contributed by atoms with Gasteiger partial charge in [0, 0.05) is 9.52 Å². The third-order valence-corrected chi connectivity index (χ3v) is 2.73. The first kappa shape index (κ1) is 28.8. The fraction of sp³-hybridized carbons (Fsp3) is 0.500. The molecule has 0 saturated carbocycles. The van der Waals surface area contributed by atoms with Gasteiger partial charge >= 0.3 is 26.2 Å². The Bertz CT molecular complexity index is 289. The molecule has 0 amide bonds. The minimum Gasteiger partial charge on any atom is -1.00 e. The van der Waals surface area contributed by atoms with Crippen LogP contribution < -0.4 is 24.8 Å². The van der Waals surface area contributed by atoms with E-state index in [0.29, 0.717) is 0 Å². The van der Waals surface area contributed by atoms with Gasteiger partial charge in [0.2, 0.25) is 0 Å². The van der Waals surface area contributed by atoms with Crippen LogP contribution in [0.1, 0.15) is 40.5 Å². The minimum atomic E-state index is 0. The van der Waals surface area contributed by atoms with Crippen molar-refractivity contribution in [1.29, 1.82) is 0 Å². The van der Waals surface area contributed by atoms with Gasteiger partial charge in [-0.25, -0.2) is 22.3 Å². The second kappa shape index (κ2) is 17.7. The van der Waals surface area contributed by atoms with Gasteiger partial charge in [0.1, 0.15) is 0 Å². The van der Waals surface area contributed by atoms with E-state index in [2.05, 4.69) is 65.1 Å². The first-order valence-electron chi connectivity index (χ1n) is 6.26. The maximum Gasteiger partial charge on any atom is 4.00 e. The van der Waals surface area contributed by atoms with Crippen molar-refractivity contribution in [2.45, 2.75) is 53.6 Å². The van der Waals surface area contributed by atoms with Crippen LogP contribution in [0.2, 0.25) is 13.1 Å². The van der Waals surface area contributed by atoms with Crippen molar-refractivity contribution >= 4 is 9.52 Å². The van der Waals surface area contributed by atoms with Crippen LogP contribution in [0.25, 0.3) is 0 Å². The zero-order chi connectivity index (χ0) is 13.3. The van der Waals surface area contributed by atoms with Gasteiger partial charge in [-0.05, 0) is 0 Å². The van der Waals surface area contributed by atoms with E-state index >= 15 is 0 Å². The zero-order valence-electron chi connectivity index (χ0n) is 13.4. The average Bonchev–Trinajstić information content (AvgIpc) is 2.81. The fourth-order valence-corrected chi connectivity index (χ4v) is 1.30. The normalized spacial score (nSPS) is 14.3. The molecule has 0 heterocycles. The first-order chi connectivity index (χ1) is 8.02. The number of halogens is 2. The summed E-state index contributed by atoms with van der Waals surface area (Å²) < 4.78 is 0. The largest absolute Gasteiger partial charge is 4.00 e. The molecular weight excluding hydrogens is 382 g/mol. The minimum absolute atomic E-state index is 0. The van der Waals surface area contributed by atoms with Crippen LogP contribution in [-0.4, -0.2) is 9.52 Å². The van der Waals surface area contributed by atoms with Gasteiger partial charge in [-0.3, -0.25) is 12.2 Å². The summed E-state index contributed by atoms with van der Waals surface area (Å²) in [5.74, 6) is 0. The summed E-state index contributed by atoms with van der Waals surface area (Å²) in [7, 11) is 0.750. The van der Waals surface area contributed by atoms with Crippen LogP contribution in [0.4, 0.5) is 0 Å². The molecule has 2 rings (SSSR count). The Kier molecular flexibility index (Phi) is 25.4. The number of hydrogen-bond acceptors (Lipinski definition) is 0. The maximum atomic E-state index is 3.19. The van der Waals surface area contributed by atoms with E-state index in [1.54, 1.807) is 0 Å². The summed E-state index contributed by atoms with van der Waals surface area (Å²) in [6.45, 7) is 12.8. The Morgan fingerprint density at radius 2 is 1.05 bits per heavy atom. The second-order valence-corrected chi connectivity index (χ2v) is 5.52. The van der Waals surface area contributed by atoms with Crippen LogP contribution >= 0.6 is 0 Å². The van der Waals surface area contributed by atoms with Crippen LogP contribution in [0.5, 0.6) is 0 Å². The third-order valence-electron chi connectivity index (χ3n) is 2.73. The van der Waals surface area contributed by atoms with Crippen LogP contribution in [0, 0.1) is 12.2 Å². The zero-order valence-corrected chi connectivity index (χ0v) is 18.5. The molecule has 0 bridgehead atoms. The molecule has 111 valence electrons. The van der Waals surface area contributed by atoms with Gasteiger partial charge in [0.15, 0.2) is 0 Å². The summed E-state index contributed by atoms with van der Waals surface area (Å²) in [5.41, 5.74) is 5.42. The van der Waals surface area contributed by atoms with Crippen molar-refractivity contribution in [3.63, 3.8) is 0 Å². The molecule has 0 aromatic rings. The van der Waals surface area contributed by atoms with Crippen molar-refractivity contribution in [2.75, 3.05) is 0 Å². The quantitative estimate of drug-likeness (QED) is 0.346. The van der Waals surface area contributed by atoms with Crippen molar-refractivity contribution in [3.05, 3.63) is 46.6 Å². The maximum absolute atomic E-state index is 3.19. The molecule has 0 N–H and O–H groups in total. The molecule has 20 heavy (non-hydrogen) atoms. The van der Waals surface area contributed by atoms with Crippen LogP contribution in [-0.2, 0) is 26.2 Å². The van der Waals surface area contributed by atoms with E-state index in [1.165, 1.54) is 22.3 Å². The predicted octanol–water partition coefficient (Wildman–Crippen LogP) is -1.30. The predicted molar refractivity (Wildman–Crippen MR) is 80.5 cm³/mol. The topological polar surface area (TPSA) is 0 Å².